The number of rotatable bonds is 3. The SMILES string of the molecule is Cc1c(Br)cccc1CC1(CO)CC1. The van der Waals surface area contributed by atoms with Crippen LogP contribution in [-0.4, -0.2) is 11.7 Å². The Bertz CT molecular complexity index is 342. The summed E-state index contributed by atoms with van der Waals surface area (Å²) in [7, 11) is 0. The van der Waals surface area contributed by atoms with E-state index in [4.69, 9.17) is 0 Å². The first-order chi connectivity index (χ1) is 6.67. The van der Waals surface area contributed by atoms with Gasteiger partial charge in [0.1, 0.15) is 0 Å². The molecular weight excluding hydrogens is 240 g/mol. The fourth-order valence-corrected chi connectivity index (χ4v) is 2.22. The summed E-state index contributed by atoms with van der Waals surface area (Å²) in [6, 6.07) is 6.30. The van der Waals surface area contributed by atoms with E-state index in [1.165, 1.54) is 28.4 Å². The molecule has 1 aromatic carbocycles. The molecule has 0 heterocycles. The second-order valence-electron chi connectivity index (χ2n) is 4.36. The van der Waals surface area contributed by atoms with E-state index >= 15 is 0 Å². The zero-order valence-corrected chi connectivity index (χ0v) is 9.97. The van der Waals surface area contributed by atoms with E-state index in [2.05, 4.69) is 41.1 Å². The third-order valence-electron chi connectivity index (χ3n) is 3.24. The zero-order chi connectivity index (χ0) is 10.2. The van der Waals surface area contributed by atoms with Gasteiger partial charge in [0.15, 0.2) is 0 Å². The predicted octanol–water partition coefficient (Wildman–Crippen LogP) is 3.07. The quantitative estimate of drug-likeness (QED) is 0.880. The van der Waals surface area contributed by atoms with Crippen LogP contribution in [0.5, 0.6) is 0 Å². The highest BCUT2D eigenvalue weighted by atomic mass is 79.9. The van der Waals surface area contributed by atoms with Crippen molar-refractivity contribution in [2.75, 3.05) is 6.61 Å². The van der Waals surface area contributed by atoms with Gasteiger partial charge in [-0.2, -0.15) is 0 Å². The van der Waals surface area contributed by atoms with Crippen molar-refractivity contribution >= 4 is 15.9 Å². The smallest absolute Gasteiger partial charge is 0.0490 e. The molecule has 0 radical (unpaired) electrons. The molecular formula is C12H15BrO. The molecule has 0 saturated heterocycles. The Morgan fingerprint density at radius 2 is 2.14 bits per heavy atom. The Kier molecular flexibility index (Phi) is 2.67. The Labute approximate surface area is 93.3 Å². The minimum atomic E-state index is 0.214. The summed E-state index contributed by atoms with van der Waals surface area (Å²) < 4.78 is 1.17. The molecule has 0 unspecified atom stereocenters. The summed E-state index contributed by atoms with van der Waals surface area (Å²) in [5.41, 5.74) is 2.89. The van der Waals surface area contributed by atoms with Gasteiger partial charge in [0.25, 0.3) is 0 Å². The maximum Gasteiger partial charge on any atom is 0.0490 e. The number of benzene rings is 1. The van der Waals surface area contributed by atoms with Crippen molar-refractivity contribution in [3.05, 3.63) is 33.8 Å². The largest absolute Gasteiger partial charge is 0.396 e. The molecule has 2 heteroatoms. The van der Waals surface area contributed by atoms with E-state index < -0.39 is 0 Å². The van der Waals surface area contributed by atoms with Gasteiger partial charge in [-0.05, 0) is 48.8 Å². The highest BCUT2D eigenvalue weighted by Gasteiger charge is 2.42. The summed E-state index contributed by atoms with van der Waals surface area (Å²) in [6.45, 7) is 2.46. The van der Waals surface area contributed by atoms with Crippen LogP contribution in [0.2, 0.25) is 0 Å². The van der Waals surface area contributed by atoms with Crippen molar-refractivity contribution in [3.63, 3.8) is 0 Å². The first kappa shape index (κ1) is 10.2. The van der Waals surface area contributed by atoms with Gasteiger partial charge in [0, 0.05) is 11.1 Å². The molecule has 1 aliphatic rings. The van der Waals surface area contributed by atoms with Gasteiger partial charge in [-0.25, -0.2) is 0 Å². The van der Waals surface area contributed by atoms with Crippen LogP contribution in [0, 0.1) is 12.3 Å². The number of aliphatic hydroxyl groups is 1. The minimum absolute atomic E-state index is 0.214. The Morgan fingerprint density at radius 3 is 2.71 bits per heavy atom. The highest BCUT2D eigenvalue weighted by Crippen LogP contribution is 2.48. The Morgan fingerprint density at radius 1 is 1.43 bits per heavy atom. The normalized spacial score (nSPS) is 18.2. The molecule has 1 aromatic rings. The van der Waals surface area contributed by atoms with Crippen LogP contribution in [0.25, 0.3) is 0 Å². The molecule has 0 aromatic heterocycles. The van der Waals surface area contributed by atoms with Crippen molar-refractivity contribution in [3.8, 4) is 0 Å². The van der Waals surface area contributed by atoms with E-state index in [9.17, 15) is 5.11 Å². The second-order valence-corrected chi connectivity index (χ2v) is 5.21. The summed E-state index contributed by atoms with van der Waals surface area (Å²) >= 11 is 3.53. The third kappa shape index (κ3) is 1.86. The van der Waals surface area contributed by atoms with Gasteiger partial charge < -0.3 is 5.11 Å². The molecule has 1 N–H and O–H groups in total. The fraction of sp³-hybridized carbons (Fsp3) is 0.500. The molecule has 1 fully saturated rings. The van der Waals surface area contributed by atoms with Gasteiger partial charge in [-0.1, -0.05) is 28.1 Å². The Hall–Kier alpha value is -0.340. The average Bonchev–Trinajstić information content (AvgIpc) is 2.94. The number of hydrogen-bond donors (Lipinski definition) is 1. The number of halogens is 1. The van der Waals surface area contributed by atoms with Gasteiger partial charge in [0.05, 0.1) is 0 Å². The molecule has 2 rings (SSSR count). The topological polar surface area (TPSA) is 20.2 Å². The van der Waals surface area contributed by atoms with E-state index in [1.54, 1.807) is 0 Å². The maximum absolute atomic E-state index is 9.27. The van der Waals surface area contributed by atoms with Crippen LogP contribution < -0.4 is 0 Å². The lowest BCUT2D eigenvalue weighted by atomic mass is 9.94. The predicted molar refractivity (Wildman–Crippen MR) is 61.3 cm³/mol. The van der Waals surface area contributed by atoms with Gasteiger partial charge in [-0.15, -0.1) is 0 Å². The summed E-state index contributed by atoms with van der Waals surface area (Å²) in [6.07, 6.45) is 3.37. The van der Waals surface area contributed by atoms with E-state index in [0.29, 0.717) is 6.61 Å². The molecule has 1 nitrogen and oxygen atoms in total. The average molecular weight is 255 g/mol. The third-order valence-corrected chi connectivity index (χ3v) is 4.10. The van der Waals surface area contributed by atoms with Crippen LogP contribution in [0.3, 0.4) is 0 Å². The molecule has 14 heavy (non-hydrogen) atoms. The van der Waals surface area contributed by atoms with Crippen molar-refractivity contribution in [1.82, 2.24) is 0 Å². The van der Waals surface area contributed by atoms with Crippen LogP contribution in [0.15, 0.2) is 22.7 Å². The van der Waals surface area contributed by atoms with Crippen LogP contribution >= 0.6 is 15.9 Å². The van der Waals surface area contributed by atoms with Crippen molar-refractivity contribution in [1.29, 1.82) is 0 Å². The van der Waals surface area contributed by atoms with Crippen molar-refractivity contribution < 1.29 is 5.11 Å². The molecule has 0 spiro atoms. The summed E-state index contributed by atoms with van der Waals surface area (Å²) in [4.78, 5) is 0. The standard InChI is InChI=1S/C12H15BrO/c1-9-10(3-2-4-11(9)13)7-12(8-14)5-6-12/h2-4,14H,5-8H2,1H3. The van der Waals surface area contributed by atoms with Crippen LogP contribution in [0.4, 0.5) is 0 Å². The number of hydrogen-bond acceptors (Lipinski definition) is 1. The number of aliphatic hydroxyl groups excluding tert-OH is 1. The van der Waals surface area contributed by atoms with Gasteiger partial charge >= 0.3 is 0 Å². The van der Waals surface area contributed by atoms with Crippen LogP contribution in [-0.2, 0) is 6.42 Å². The van der Waals surface area contributed by atoms with E-state index in [-0.39, 0.29) is 5.41 Å². The van der Waals surface area contributed by atoms with Crippen molar-refractivity contribution in [2.45, 2.75) is 26.2 Å². The fourth-order valence-electron chi connectivity index (χ4n) is 1.82. The minimum Gasteiger partial charge on any atom is -0.396 e. The molecule has 0 amide bonds. The van der Waals surface area contributed by atoms with Crippen LogP contribution in [0.1, 0.15) is 24.0 Å². The molecule has 1 saturated carbocycles. The molecule has 0 aliphatic heterocycles. The van der Waals surface area contributed by atoms with Gasteiger partial charge in [0.2, 0.25) is 0 Å². The summed E-state index contributed by atoms with van der Waals surface area (Å²) in [5, 5.41) is 9.27. The lowest BCUT2D eigenvalue weighted by molar-refractivity contribution is 0.211. The first-order valence-electron chi connectivity index (χ1n) is 5.02. The molecule has 0 atom stereocenters. The first-order valence-corrected chi connectivity index (χ1v) is 5.81. The molecule has 0 bridgehead atoms. The summed E-state index contributed by atoms with van der Waals surface area (Å²) in [5.74, 6) is 0. The van der Waals surface area contributed by atoms with Gasteiger partial charge in [-0.3, -0.25) is 0 Å². The second kappa shape index (κ2) is 3.67. The lowest BCUT2D eigenvalue weighted by Crippen LogP contribution is -2.11. The molecule has 1 aliphatic carbocycles. The lowest BCUT2D eigenvalue weighted by Gasteiger charge is -2.14. The maximum atomic E-state index is 9.27. The van der Waals surface area contributed by atoms with Crippen molar-refractivity contribution in [2.24, 2.45) is 5.41 Å². The highest BCUT2D eigenvalue weighted by molar-refractivity contribution is 9.10. The van der Waals surface area contributed by atoms with E-state index in [1.807, 2.05) is 0 Å². The zero-order valence-electron chi connectivity index (χ0n) is 8.39. The molecule has 76 valence electrons. The monoisotopic (exact) mass is 254 g/mol. The van der Waals surface area contributed by atoms with E-state index in [0.717, 1.165) is 6.42 Å². The Balaban J connectivity index is 2.21.